The van der Waals surface area contributed by atoms with Gasteiger partial charge >= 0.3 is 0 Å². The predicted octanol–water partition coefficient (Wildman–Crippen LogP) is 4.53. The van der Waals surface area contributed by atoms with Crippen LogP contribution in [0.5, 0.6) is 0 Å². The van der Waals surface area contributed by atoms with Crippen LogP contribution in [0.15, 0.2) is 42.5 Å². The summed E-state index contributed by atoms with van der Waals surface area (Å²) in [4.78, 5) is 0. The first-order valence-electron chi connectivity index (χ1n) is 5.88. The lowest BCUT2D eigenvalue weighted by molar-refractivity contribution is 1.11. The first-order chi connectivity index (χ1) is 7.72. The van der Waals surface area contributed by atoms with Crippen molar-refractivity contribution < 1.29 is 0 Å². The highest BCUT2D eigenvalue weighted by Crippen LogP contribution is 2.26. The van der Waals surface area contributed by atoms with Gasteiger partial charge in [-0.3, -0.25) is 0 Å². The lowest BCUT2D eigenvalue weighted by Gasteiger charge is -2.10. The molecule has 0 N–H and O–H groups in total. The molecule has 0 atom stereocenters. The Morgan fingerprint density at radius 3 is 2.19 bits per heavy atom. The third kappa shape index (κ3) is 2.01. The molecule has 0 heteroatoms. The average Bonchev–Trinajstić information content (AvgIpc) is 2.31. The van der Waals surface area contributed by atoms with Gasteiger partial charge in [-0.2, -0.15) is 0 Å². The number of benzene rings is 2. The fourth-order valence-corrected chi connectivity index (χ4v) is 2.11. The van der Waals surface area contributed by atoms with Gasteiger partial charge in [0.15, 0.2) is 0 Å². The molecule has 2 aromatic rings. The molecule has 0 fully saturated rings. The topological polar surface area (TPSA) is 0 Å². The Hall–Kier alpha value is -1.56. The maximum Gasteiger partial charge on any atom is -0.0152 e. The standard InChI is InChI=1S/C16H18/c1-4-14-6-5-7-16(13(14)3)15-10-8-12(2)9-11-15/h5-11H,4H2,1-3H3. The van der Waals surface area contributed by atoms with Gasteiger partial charge in [0.2, 0.25) is 0 Å². The molecule has 0 spiro atoms. The summed E-state index contributed by atoms with van der Waals surface area (Å²) in [7, 11) is 0. The molecule has 0 aliphatic carbocycles. The van der Waals surface area contributed by atoms with Crippen LogP contribution in [0.3, 0.4) is 0 Å². The van der Waals surface area contributed by atoms with Crippen molar-refractivity contribution in [3.63, 3.8) is 0 Å². The highest BCUT2D eigenvalue weighted by Gasteiger charge is 2.04. The van der Waals surface area contributed by atoms with E-state index in [1.165, 1.54) is 27.8 Å². The molecule has 0 amide bonds. The van der Waals surface area contributed by atoms with Crippen LogP contribution in [-0.4, -0.2) is 0 Å². The van der Waals surface area contributed by atoms with E-state index in [2.05, 4.69) is 63.2 Å². The van der Waals surface area contributed by atoms with Crippen molar-refractivity contribution in [1.82, 2.24) is 0 Å². The first kappa shape index (κ1) is 10.9. The van der Waals surface area contributed by atoms with Crippen LogP contribution in [0.2, 0.25) is 0 Å². The Balaban J connectivity index is 2.51. The minimum Gasteiger partial charge on any atom is -0.0614 e. The summed E-state index contributed by atoms with van der Waals surface area (Å²) in [6.45, 7) is 6.55. The maximum atomic E-state index is 2.22. The Bertz CT molecular complexity index is 478. The second-order valence-electron chi connectivity index (χ2n) is 4.31. The van der Waals surface area contributed by atoms with Crippen molar-refractivity contribution in [3.8, 4) is 11.1 Å². The first-order valence-corrected chi connectivity index (χ1v) is 5.88. The molecule has 2 aromatic carbocycles. The van der Waals surface area contributed by atoms with Crippen molar-refractivity contribution in [2.75, 3.05) is 0 Å². The lowest BCUT2D eigenvalue weighted by Crippen LogP contribution is -1.90. The third-order valence-electron chi connectivity index (χ3n) is 3.19. The van der Waals surface area contributed by atoms with Crippen LogP contribution >= 0.6 is 0 Å². The molecular formula is C16H18. The molecule has 0 bridgehead atoms. The van der Waals surface area contributed by atoms with Gasteiger partial charge in [-0.05, 0) is 42.5 Å². The normalized spacial score (nSPS) is 10.4. The summed E-state index contributed by atoms with van der Waals surface area (Å²) in [5.74, 6) is 0. The van der Waals surface area contributed by atoms with Gasteiger partial charge < -0.3 is 0 Å². The number of hydrogen-bond donors (Lipinski definition) is 0. The molecule has 0 aliphatic rings. The molecule has 82 valence electrons. The van der Waals surface area contributed by atoms with Crippen molar-refractivity contribution in [1.29, 1.82) is 0 Å². The van der Waals surface area contributed by atoms with Gasteiger partial charge in [0.1, 0.15) is 0 Å². The monoisotopic (exact) mass is 210 g/mol. The van der Waals surface area contributed by atoms with E-state index < -0.39 is 0 Å². The highest BCUT2D eigenvalue weighted by atomic mass is 14.1. The molecular weight excluding hydrogens is 192 g/mol. The molecule has 0 nitrogen and oxygen atoms in total. The number of hydrogen-bond acceptors (Lipinski definition) is 0. The molecule has 0 saturated carbocycles. The Morgan fingerprint density at radius 2 is 1.56 bits per heavy atom. The van der Waals surface area contributed by atoms with E-state index in [4.69, 9.17) is 0 Å². The molecule has 0 heterocycles. The van der Waals surface area contributed by atoms with Crippen molar-refractivity contribution >= 4 is 0 Å². The van der Waals surface area contributed by atoms with Crippen LogP contribution in [0.4, 0.5) is 0 Å². The van der Waals surface area contributed by atoms with Crippen LogP contribution in [0.25, 0.3) is 11.1 Å². The molecule has 0 aliphatic heterocycles. The summed E-state index contributed by atoms with van der Waals surface area (Å²) in [5, 5.41) is 0. The summed E-state index contributed by atoms with van der Waals surface area (Å²) < 4.78 is 0. The zero-order valence-electron chi connectivity index (χ0n) is 10.2. The van der Waals surface area contributed by atoms with E-state index >= 15 is 0 Å². The summed E-state index contributed by atoms with van der Waals surface area (Å²) in [5.41, 5.74) is 6.85. The smallest absolute Gasteiger partial charge is 0.0152 e. The molecule has 0 aromatic heterocycles. The third-order valence-corrected chi connectivity index (χ3v) is 3.19. The van der Waals surface area contributed by atoms with E-state index in [0.717, 1.165) is 6.42 Å². The molecule has 0 radical (unpaired) electrons. The number of rotatable bonds is 2. The van der Waals surface area contributed by atoms with Crippen LogP contribution in [0, 0.1) is 13.8 Å². The molecule has 0 unspecified atom stereocenters. The van der Waals surface area contributed by atoms with E-state index in [-0.39, 0.29) is 0 Å². The van der Waals surface area contributed by atoms with Crippen molar-refractivity contribution in [2.45, 2.75) is 27.2 Å². The largest absolute Gasteiger partial charge is 0.0614 e. The summed E-state index contributed by atoms with van der Waals surface area (Å²) in [6.07, 6.45) is 1.10. The maximum absolute atomic E-state index is 2.22. The zero-order chi connectivity index (χ0) is 11.5. The fraction of sp³-hybridized carbons (Fsp3) is 0.250. The van der Waals surface area contributed by atoms with E-state index in [1.807, 2.05) is 0 Å². The van der Waals surface area contributed by atoms with Gasteiger partial charge in [-0.25, -0.2) is 0 Å². The Morgan fingerprint density at radius 1 is 0.875 bits per heavy atom. The lowest BCUT2D eigenvalue weighted by atomic mass is 9.95. The van der Waals surface area contributed by atoms with Crippen LogP contribution in [-0.2, 0) is 6.42 Å². The van der Waals surface area contributed by atoms with E-state index in [9.17, 15) is 0 Å². The Labute approximate surface area is 97.9 Å². The van der Waals surface area contributed by atoms with Gasteiger partial charge in [0.25, 0.3) is 0 Å². The van der Waals surface area contributed by atoms with E-state index in [1.54, 1.807) is 0 Å². The minimum absolute atomic E-state index is 1.10. The average molecular weight is 210 g/mol. The second kappa shape index (κ2) is 4.52. The summed E-state index contributed by atoms with van der Waals surface area (Å²) >= 11 is 0. The SMILES string of the molecule is CCc1cccc(-c2ccc(C)cc2)c1C. The second-order valence-corrected chi connectivity index (χ2v) is 4.31. The minimum atomic E-state index is 1.10. The van der Waals surface area contributed by atoms with Crippen molar-refractivity contribution in [2.24, 2.45) is 0 Å². The fourth-order valence-electron chi connectivity index (χ4n) is 2.11. The highest BCUT2D eigenvalue weighted by molar-refractivity contribution is 5.68. The van der Waals surface area contributed by atoms with Gasteiger partial charge in [-0.15, -0.1) is 0 Å². The van der Waals surface area contributed by atoms with Gasteiger partial charge in [0.05, 0.1) is 0 Å². The van der Waals surface area contributed by atoms with Gasteiger partial charge in [0, 0.05) is 0 Å². The van der Waals surface area contributed by atoms with Crippen LogP contribution in [0.1, 0.15) is 23.6 Å². The number of aryl methyl sites for hydroxylation is 2. The molecule has 0 saturated heterocycles. The zero-order valence-corrected chi connectivity index (χ0v) is 10.2. The molecule has 2 rings (SSSR count). The van der Waals surface area contributed by atoms with Crippen LogP contribution < -0.4 is 0 Å². The quantitative estimate of drug-likeness (QED) is 0.683. The predicted molar refractivity (Wildman–Crippen MR) is 70.7 cm³/mol. The molecule has 16 heavy (non-hydrogen) atoms. The van der Waals surface area contributed by atoms with Crippen molar-refractivity contribution in [3.05, 3.63) is 59.2 Å². The Kier molecular flexibility index (Phi) is 3.09. The van der Waals surface area contributed by atoms with Gasteiger partial charge in [-0.1, -0.05) is 55.0 Å². The summed E-state index contributed by atoms with van der Waals surface area (Å²) in [6, 6.07) is 15.3. The van der Waals surface area contributed by atoms with E-state index in [0.29, 0.717) is 0 Å².